The molecule has 5 heteroatoms. The molecule has 1 unspecified atom stereocenters. The molecule has 1 N–H and O–H groups in total. The van der Waals surface area contributed by atoms with Gasteiger partial charge in [-0.25, -0.2) is 0 Å². The van der Waals surface area contributed by atoms with Crippen molar-refractivity contribution in [1.29, 1.82) is 0 Å². The molecule has 5 nitrogen and oxygen atoms in total. The van der Waals surface area contributed by atoms with Crippen LogP contribution < -0.4 is 0 Å². The number of pyridine rings is 2. The van der Waals surface area contributed by atoms with Crippen molar-refractivity contribution in [1.82, 2.24) is 14.9 Å². The van der Waals surface area contributed by atoms with Gasteiger partial charge in [-0.2, -0.15) is 0 Å². The smallest absolute Gasteiger partial charge is 0.146 e. The van der Waals surface area contributed by atoms with E-state index in [-0.39, 0.29) is 11.8 Å². The van der Waals surface area contributed by atoms with Crippen molar-refractivity contribution in [3.05, 3.63) is 66.1 Å². The quantitative estimate of drug-likeness (QED) is 0.804. The number of fused-ring (bicyclic) bond motifs is 1. The highest BCUT2D eigenvalue weighted by Gasteiger charge is 2.27. The van der Waals surface area contributed by atoms with E-state index in [9.17, 15) is 5.11 Å². The number of morpholine rings is 1. The summed E-state index contributed by atoms with van der Waals surface area (Å²) in [4.78, 5) is 10.8. The second kappa shape index (κ2) is 6.55. The van der Waals surface area contributed by atoms with Gasteiger partial charge in [0, 0.05) is 42.6 Å². The number of phenols is 1. The van der Waals surface area contributed by atoms with E-state index in [1.807, 2.05) is 36.4 Å². The Kier molecular flexibility index (Phi) is 4.11. The Morgan fingerprint density at radius 1 is 1.00 bits per heavy atom. The van der Waals surface area contributed by atoms with Gasteiger partial charge in [0.25, 0.3) is 0 Å². The molecule has 1 aliphatic rings. The molecule has 0 aliphatic carbocycles. The first kappa shape index (κ1) is 15.1. The Balaban J connectivity index is 1.85. The molecule has 3 aromatic rings. The van der Waals surface area contributed by atoms with Crippen molar-refractivity contribution in [2.24, 2.45) is 0 Å². The number of rotatable bonds is 3. The minimum atomic E-state index is -0.0386. The van der Waals surface area contributed by atoms with Gasteiger partial charge in [-0.3, -0.25) is 14.9 Å². The van der Waals surface area contributed by atoms with E-state index in [4.69, 9.17) is 4.74 Å². The SMILES string of the molecule is Oc1c(C(c2ccncc2)N2CCOCC2)ccc2cccnc12. The average Bonchev–Trinajstić information content (AvgIpc) is 2.66. The van der Waals surface area contributed by atoms with Crippen molar-refractivity contribution in [3.63, 3.8) is 0 Å². The fourth-order valence-electron chi connectivity index (χ4n) is 3.33. The highest BCUT2D eigenvalue weighted by Crippen LogP contribution is 2.37. The summed E-state index contributed by atoms with van der Waals surface area (Å²) in [6, 6.07) is 11.8. The summed E-state index contributed by atoms with van der Waals surface area (Å²) in [5.41, 5.74) is 2.62. The van der Waals surface area contributed by atoms with Crippen LogP contribution in [0.25, 0.3) is 10.9 Å². The van der Waals surface area contributed by atoms with Gasteiger partial charge in [0.05, 0.1) is 19.3 Å². The molecule has 1 saturated heterocycles. The van der Waals surface area contributed by atoms with Crippen molar-refractivity contribution in [3.8, 4) is 5.75 Å². The molecule has 0 saturated carbocycles. The number of hydrogen-bond acceptors (Lipinski definition) is 5. The predicted octanol–water partition coefficient (Wildman–Crippen LogP) is 2.76. The van der Waals surface area contributed by atoms with Crippen LogP contribution in [0.15, 0.2) is 55.0 Å². The Morgan fingerprint density at radius 2 is 1.79 bits per heavy atom. The minimum absolute atomic E-state index is 0.0386. The maximum Gasteiger partial charge on any atom is 0.146 e. The molecular formula is C19H19N3O2. The topological polar surface area (TPSA) is 58.5 Å². The molecule has 0 spiro atoms. The highest BCUT2D eigenvalue weighted by molar-refractivity contribution is 5.85. The first-order valence-corrected chi connectivity index (χ1v) is 8.13. The van der Waals surface area contributed by atoms with Gasteiger partial charge >= 0.3 is 0 Å². The predicted molar refractivity (Wildman–Crippen MR) is 91.9 cm³/mol. The van der Waals surface area contributed by atoms with Gasteiger partial charge < -0.3 is 9.84 Å². The standard InChI is InChI=1S/C19H19N3O2/c23-19-16(4-3-14-2-1-7-21-17(14)19)18(15-5-8-20-9-6-15)22-10-12-24-13-11-22/h1-9,18,23H,10-13H2. The number of aromatic nitrogens is 2. The van der Waals surface area contributed by atoms with Crippen LogP contribution in [-0.4, -0.2) is 46.3 Å². The number of nitrogens with zero attached hydrogens (tertiary/aromatic N) is 3. The molecule has 1 atom stereocenters. The summed E-state index contributed by atoms with van der Waals surface area (Å²) in [7, 11) is 0. The summed E-state index contributed by atoms with van der Waals surface area (Å²) in [6.07, 6.45) is 5.29. The lowest BCUT2D eigenvalue weighted by Crippen LogP contribution is -2.39. The van der Waals surface area contributed by atoms with E-state index in [1.54, 1.807) is 18.6 Å². The first-order valence-electron chi connectivity index (χ1n) is 8.13. The highest BCUT2D eigenvalue weighted by atomic mass is 16.5. The van der Waals surface area contributed by atoms with Crippen LogP contribution in [0.1, 0.15) is 17.2 Å². The summed E-state index contributed by atoms with van der Waals surface area (Å²) in [5, 5.41) is 11.8. The zero-order valence-electron chi connectivity index (χ0n) is 13.3. The zero-order valence-corrected chi connectivity index (χ0v) is 13.3. The van der Waals surface area contributed by atoms with E-state index in [0.29, 0.717) is 18.7 Å². The Hall–Kier alpha value is -2.50. The molecule has 1 fully saturated rings. The number of benzene rings is 1. The van der Waals surface area contributed by atoms with Crippen LogP contribution in [0.5, 0.6) is 5.75 Å². The Bertz CT molecular complexity index is 832. The normalized spacial score (nSPS) is 17.0. The Morgan fingerprint density at radius 3 is 2.58 bits per heavy atom. The van der Waals surface area contributed by atoms with Gasteiger partial charge in [-0.05, 0) is 23.8 Å². The molecule has 2 aromatic heterocycles. The third kappa shape index (κ3) is 2.72. The summed E-state index contributed by atoms with van der Waals surface area (Å²) >= 11 is 0. The fourth-order valence-corrected chi connectivity index (χ4v) is 3.33. The number of hydrogen-bond donors (Lipinski definition) is 1. The second-order valence-electron chi connectivity index (χ2n) is 5.91. The maximum atomic E-state index is 10.9. The second-order valence-corrected chi connectivity index (χ2v) is 5.91. The van der Waals surface area contributed by atoms with Crippen LogP contribution in [0.4, 0.5) is 0 Å². The van der Waals surface area contributed by atoms with Crippen LogP contribution in [0.2, 0.25) is 0 Å². The molecule has 0 radical (unpaired) electrons. The molecule has 1 aromatic carbocycles. The summed E-state index contributed by atoms with van der Waals surface area (Å²) in [6.45, 7) is 3.06. The largest absolute Gasteiger partial charge is 0.505 e. The molecule has 4 rings (SSSR count). The van der Waals surface area contributed by atoms with Crippen LogP contribution >= 0.6 is 0 Å². The Labute approximate surface area is 140 Å². The zero-order chi connectivity index (χ0) is 16.4. The molecule has 0 bridgehead atoms. The molecule has 3 heterocycles. The van der Waals surface area contributed by atoms with Gasteiger partial charge in [0.1, 0.15) is 11.3 Å². The van der Waals surface area contributed by atoms with Gasteiger partial charge in [-0.1, -0.05) is 18.2 Å². The van der Waals surface area contributed by atoms with Gasteiger partial charge in [0.2, 0.25) is 0 Å². The third-order valence-electron chi connectivity index (χ3n) is 4.51. The van der Waals surface area contributed by atoms with E-state index in [0.717, 1.165) is 29.6 Å². The fraction of sp³-hybridized carbons (Fsp3) is 0.263. The lowest BCUT2D eigenvalue weighted by atomic mass is 9.95. The van der Waals surface area contributed by atoms with E-state index >= 15 is 0 Å². The summed E-state index contributed by atoms with van der Waals surface area (Å²) < 4.78 is 5.49. The molecule has 24 heavy (non-hydrogen) atoms. The number of phenolic OH excluding ortho intramolecular Hbond substituents is 1. The van der Waals surface area contributed by atoms with E-state index < -0.39 is 0 Å². The monoisotopic (exact) mass is 321 g/mol. The van der Waals surface area contributed by atoms with Crippen molar-refractivity contribution >= 4 is 10.9 Å². The van der Waals surface area contributed by atoms with Crippen molar-refractivity contribution in [2.45, 2.75) is 6.04 Å². The molecular weight excluding hydrogens is 302 g/mol. The van der Waals surface area contributed by atoms with Crippen LogP contribution in [0, 0.1) is 0 Å². The van der Waals surface area contributed by atoms with Gasteiger partial charge in [-0.15, -0.1) is 0 Å². The summed E-state index contributed by atoms with van der Waals surface area (Å²) in [5.74, 6) is 0.251. The first-order chi connectivity index (χ1) is 11.8. The average molecular weight is 321 g/mol. The van der Waals surface area contributed by atoms with Crippen molar-refractivity contribution in [2.75, 3.05) is 26.3 Å². The maximum absolute atomic E-state index is 10.9. The van der Waals surface area contributed by atoms with E-state index in [2.05, 4.69) is 14.9 Å². The molecule has 0 amide bonds. The molecule has 122 valence electrons. The van der Waals surface area contributed by atoms with Crippen LogP contribution in [0.3, 0.4) is 0 Å². The lowest BCUT2D eigenvalue weighted by molar-refractivity contribution is 0.0236. The minimum Gasteiger partial charge on any atom is -0.505 e. The van der Waals surface area contributed by atoms with Crippen molar-refractivity contribution < 1.29 is 9.84 Å². The number of aromatic hydroxyl groups is 1. The van der Waals surface area contributed by atoms with E-state index in [1.165, 1.54) is 0 Å². The lowest BCUT2D eigenvalue weighted by Gasteiger charge is -2.35. The van der Waals surface area contributed by atoms with Crippen LogP contribution in [-0.2, 0) is 4.74 Å². The number of ether oxygens (including phenoxy) is 1. The van der Waals surface area contributed by atoms with Gasteiger partial charge in [0.15, 0.2) is 0 Å². The third-order valence-corrected chi connectivity index (χ3v) is 4.51. The molecule has 1 aliphatic heterocycles.